The third-order valence-corrected chi connectivity index (χ3v) is 9.28. The smallest absolute Gasteiger partial charge is 0.260 e. The molecule has 134 valence electrons. The molecule has 2 aromatic rings. The van der Waals surface area contributed by atoms with Crippen LogP contribution in [-0.2, 0) is 19.9 Å². The first-order valence-corrected chi connectivity index (χ1v) is 11.2. The second-order valence-electron chi connectivity index (χ2n) is 6.59. The largest absolute Gasteiger partial charge is 0.335 e. The highest BCUT2D eigenvalue weighted by Crippen LogP contribution is 2.42. The molecule has 9 heteroatoms. The molecule has 0 spiro atoms. The van der Waals surface area contributed by atoms with Gasteiger partial charge in [-0.2, -0.15) is 4.31 Å². The summed E-state index contributed by atoms with van der Waals surface area (Å²) in [4.78, 5) is 6.75. The molecule has 25 heavy (non-hydrogen) atoms. The van der Waals surface area contributed by atoms with Gasteiger partial charge in [-0.1, -0.05) is 18.2 Å². The lowest BCUT2D eigenvalue weighted by Gasteiger charge is -2.37. The summed E-state index contributed by atoms with van der Waals surface area (Å²) in [5.74, 6) is 0. The van der Waals surface area contributed by atoms with Crippen molar-refractivity contribution >= 4 is 19.9 Å². The Kier molecular flexibility index (Phi) is 3.97. The average Bonchev–Trinajstić information content (AvgIpc) is 3.23. The molecule has 2 saturated heterocycles. The molecule has 1 aromatic carbocycles. The zero-order valence-electron chi connectivity index (χ0n) is 13.4. The predicted octanol–water partition coefficient (Wildman–Crippen LogP) is 1.57. The second-order valence-corrected chi connectivity index (χ2v) is 10.6. The molecule has 0 unspecified atom stereocenters. The van der Waals surface area contributed by atoms with Crippen LogP contribution in [0.1, 0.15) is 25.7 Å². The summed E-state index contributed by atoms with van der Waals surface area (Å²) in [5.41, 5.74) is 0. The highest BCUT2D eigenvalue weighted by molar-refractivity contribution is 7.92. The van der Waals surface area contributed by atoms with Gasteiger partial charge < -0.3 is 4.98 Å². The summed E-state index contributed by atoms with van der Waals surface area (Å²) < 4.78 is 53.0. The molecule has 4 rings (SSSR count). The SMILES string of the molecule is O=S(=O)(c1ccccc1)C1C[C@@H]2CC[C@@H](C1)N2S(=O)(=O)c1cnc[nH]1. The lowest BCUT2D eigenvalue weighted by molar-refractivity contribution is 0.248. The summed E-state index contributed by atoms with van der Waals surface area (Å²) in [6.45, 7) is 0. The van der Waals surface area contributed by atoms with Crippen molar-refractivity contribution in [3.63, 3.8) is 0 Å². The maximum absolute atomic E-state index is 12.9. The van der Waals surface area contributed by atoms with Crippen molar-refractivity contribution in [1.82, 2.24) is 14.3 Å². The first-order chi connectivity index (χ1) is 11.9. The van der Waals surface area contributed by atoms with Crippen LogP contribution in [0.15, 0.2) is 52.8 Å². The van der Waals surface area contributed by atoms with Crippen LogP contribution in [0.5, 0.6) is 0 Å². The van der Waals surface area contributed by atoms with Gasteiger partial charge in [0, 0.05) is 12.1 Å². The Labute approximate surface area is 147 Å². The van der Waals surface area contributed by atoms with E-state index >= 15 is 0 Å². The number of nitrogens with one attached hydrogen (secondary N) is 1. The maximum atomic E-state index is 12.9. The number of rotatable bonds is 4. The summed E-state index contributed by atoms with van der Waals surface area (Å²) >= 11 is 0. The van der Waals surface area contributed by atoms with Gasteiger partial charge in [0.1, 0.15) is 0 Å². The molecule has 0 aliphatic carbocycles. The number of hydrogen-bond acceptors (Lipinski definition) is 5. The number of benzene rings is 1. The molecule has 2 bridgehead atoms. The molecule has 0 amide bonds. The minimum atomic E-state index is -3.67. The van der Waals surface area contributed by atoms with Gasteiger partial charge in [-0.3, -0.25) is 0 Å². The molecular weight excluding hydrogens is 362 g/mol. The second kappa shape index (κ2) is 5.93. The lowest BCUT2D eigenvalue weighted by atomic mass is 10.1. The highest BCUT2D eigenvalue weighted by atomic mass is 32.2. The van der Waals surface area contributed by atoms with Crippen molar-refractivity contribution in [3.05, 3.63) is 42.9 Å². The Morgan fingerprint density at radius 3 is 2.20 bits per heavy atom. The molecule has 2 fully saturated rings. The average molecular weight is 381 g/mol. The zero-order chi connectivity index (χ0) is 17.7. The quantitative estimate of drug-likeness (QED) is 0.866. The first kappa shape index (κ1) is 16.7. The fourth-order valence-corrected chi connectivity index (χ4v) is 7.69. The summed E-state index contributed by atoms with van der Waals surface area (Å²) in [6, 6.07) is 7.84. The van der Waals surface area contributed by atoms with Crippen molar-refractivity contribution in [2.75, 3.05) is 0 Å². The number of aromatic amines is 1. The number of fused-ring (bicyclic) bond motifs is 2. The van der Waals surface area contributed by atoms with Crippen molar-refractivity contribution in [3.8, 4) is 0 Å². The summed E-state index contributed by atoms with van der Waals surface area (Å²) in [6.07, 6.45) is 4.68. The Hall–Kier alpha value is -1.71. The van der Waals surface area contributed by atoms with E-state index in [1.165, 1.54) is 16.8 Å². The number of nitrogens with zero attached hydrogens (tertiary/aromatic N) is 2. The number of aromatic nitrogens is 2. The number of imidazole rings is 1. The number of sulfone groups is 1. The van der Waals surface area contributed by atoms with Crippen LogP contribution < -0.4 is 0 Å². The molecule has 0 saturated carbocycles. The van der Waals surface area contributed by atoms with E-state index < -0.39 is 25.1 Å². The van der Waals surface area contributed by atoms with Crippen molar-refractivity contribution in [2.24, 2.45) is 0 Å². The van der Waals surface area contributed by atoms with E-state index in [1.54, 1.807) is 30.3 Å². The van der Waals surface area contributed by atoms with E-state index in [-0.39, 0.29) is 17.1 Å². The van der Waals surface area contributed by atoms with Gasteiger partial charge in [-0.05, 0) is 37.8 Å². The van der Waals surface area contributed by atoms with Crippen LogP contribution in [0.4, 0.5) is 0 Å². The fourth-order valence-electron chi connectivity index (χ4n) is 4.03. The van der Waals surface area contributed by atoms with E-state index in [4.69, 9.17) is 0 Å². The standard InChI is InChI=1S/C16H19N3O4S2/c20-24(21,14-4-2-1-3-5-14)15-8-12-6-7-13(9-15)19(12)25(22,23)16-10-17-11-18-16/h1-5,10-13,15H,6-9H2,(H,17,18)/t12-,13-/m0/s1. The van der Waals surface area contributed by atoms with E-state index in [0.29, 0.717) is 30.6 Å². The number of sulfonamides is 1. The first-order valence-electron chi connectivity index (χ1n) is 8.21. The lowest BCUT2D eigenvalue weighted by Crippen LogP contribution is -2.49. The Morgan fingerprint density at radius 1 is 1.00 bits per heavy atom. The van der Waals surface area contributed by atoms with Gasteiger partial charge in [0.05, 0.1) is 22.7 Å². The van der Waals surface area contributed by atoms with Crippen LogP contribution in [0.3, 0.4) is 0 Å². The number of hydrogen-bond donors (Lipinski definition) is 1. The third-order valence-electron chi connectivity index (χ3n) is 5.16. The van der Waals surface area contributed by atoms with Crippen LogP contribution in [0.25, 0.3) is 0 Å². The maximum Gasteiger partial charge on any atom is 0.260 e. The van der Waals surface area contributed by atoms with E-state index in [9.17, 15) is 16.8 Å². The molecule has 3 heterocycles. The molecule has 1 N–H and O–H groups in total. The fraction of sp³-hybridized carbons (Fsp3) is 0.438. The monoisotopic (exact) mass is 381 g/mol. The van der Waals surface area contributed by atoms with E-state index in [0.717, 1.165) is 0 Å². The predicted molar refractivity (Wildman–Crippen MR) is 91.1 cm³/mol. The van der Waals surface area contributed by atoms with E-state index in [1.807, 2.05) is 0 Å². The van der Waals surface area contributed by atoms with Gasteiger partial charge in [0.2, 0.25) is 0 Å². The van der Waals surface area contributed by atoms with Crippen molar-refractivity contribution < 1.29 is 16.8 Å². The van der Waals surface area contributed by atoms with Gasteiger partial charge in [-0.25, -0.2) is 21.8 Å². The molecular formula is C16H19N3O4S2. The van der Waals surface area contributed by atoms with Gasteiger partial charge >= 0.3 is 0 Å². The molecule has 1 aromatic heterocycles. The van der Waals surface area contributed by atoms with Crippen LogP contribution in [0.2, 0.25) is 0 Å². The zero-order valence-corrected chi connectivity index (χ0v) is 15.1. The molecule has 2 aliphatic rings. The van der Waals surface area contributed by atoms with Crippen LogP contribution in [0, 0.1) is 0 Å². The minimum Gasteiger partial charge on any atom is -0.335 e. The van der Waals surface area contributed by atoms with Gasteiger partial charge in [0.25, 0.3) is 10.0 Å². The molecule has 2 aliphatic heterocycles. The normalized spacial score (nSPS) is 27.4. The summed E-state index contributed by atoms with van der Waals surface area (Å²) in [5, 5.41) is -0.477. The summed E-state index contributed by atoms with van der Waals surface area (Å²) in [7, 11) is -7.12. The Balaban J connectivity index is 1.63. The Bertz CT molecular complexity index is 942. The minimum absolute atomic E-state index is 0.0637. The number of H-pyrrole nitrogens is 1. The van der Waals surface area contributed by atoms with E-state index in [2.05, 4.69) is 9.97 Å². The molecule has 7 nitrogen and oxygen atoms in total. The third kappa shape index (κ3) is 2.70. The van der Waals surface area contributed by atoms with Crippen LogP contribution >= 0.6 is 0 Å². The van der Waals surface area contributed by atoms with Crippen molar-refractivity contribution in [1.29, 1.82) is 0 Å². The van der Waals surface area contributed by atoms with Gasteiger partial charge in [-0.15, -0.1) is 0 Å². The highest BCUT2D eigenvalue weighted by Gasteiger charge is 2.50. The number of piperidine rings is 1. The molecule has 2 atom stereocenters. The van der Waals surface area contributed by atoms with Crippen molar-refractivity contribution in [2.45, 2.75) is 52.9 Å². The topological polar surface area (TPSA) is 100 Å². The van der Waals surface area contributed by atoms with Crippen LogP contribution in [-0.4, -0.2) is 48.4 Å². The Morgan fingerprint density at radius 2 is 1.64 bits per heavy atom. The van der Waals surface area contributed by atoms with Gasteiger partial charge in [0.15, 0.2) is 14.9 Å². The molecule has 0 radical (unpaired) electrons.